The molecule has 0 amide bonds. The SMILES string of the molecule is O=c1[nH]c2cccc(-c3nc(C4CCC5COCCC5C4)no3)c2[nH]1. The Balaban J connectivity index is 1.44. The van der Waals surface area contributed by atoms with Gasteiger partial charge in [-0.15, -0.1) is 0 Å². The number of para-hydroxylation sites is 1. The van der Waals surface area contributed by atoms with Crippen LogP contribution in [0.25, 0.3) is 22.5 Å². The van der Waals surface area contributed by atoms with Crippen LogP contribution >= 0.6 is 0 Å². The van der Waals surface area contributed by atoms with Gasteiger partial charge in [0.2, 0.25) is 0 Å². The summed E-state index contributed by atoms with van der Waals surface area (Å²) in [6.45, 7) is 1.77. The van der Waals surface area contributed by atoms with Crippen molar-refractivity contribution in [1.82, 2.24) is 20.1 Å². The molecule has 3 aromatic rings. The summed E-state index contributed by atoms with van der Waals surface area (Å²) >= 11 is 0. The Hall–Kier alpha value is -2.41. The molecule has 1 saturated carbocycles. The molecule has 1 aromatic carbocycles. The fourth-order valence-electron chi connectivity index (χ4n) is 4.35. The zero-order valence-electron chi connectivity index (χ0n) is 13.8. The van der Waals surface area contributed by atoms with Crippen molar-refractivity contribution >= 4 is 11.0 Å². The van der Waals surface area contributed by atoms with E-state index in [-0.39, 0.29) is 5.69 Å². The van der Waals surface area contributed by atoms with Gasteiger partial charge >= 0.3 is 5.69 Å². The summed E-state index contributed by atoms with van der Waals surface area (Å²) in [7, 11) is 0. The molecule has 7 nitrogen and oxygen atoms in total. The van der Waals surface area contributed by atoms with Crippen molar-refractivity contribution in [3.05, 3.63) is 34.5 Å². The summed E-state index contributed by atoms with van der Waals surface area (Å²) < 4.78 is 11.1. The lowest BCUT2D eigenvalue weighted by atomic mass is 9.72. The first kappa shape index (κ1) is 14.9. The van der Waals surface area contributed by atoms with Gasteiger partial charge in [0.05, 0.1) is 16.6 Å². The molecule has 2 aliphatic rings. The molecule has 3 heterocycles. The normalized spacial score (nSPS) is 26.6. The zero-order valence-corrected chi connectivity index (χ0v) is 13.8. The van der Waals surface area contributed by atoms with E-state index < -0.39 is 0 Å². The molecule has 3 unspecified atom stereocenters. The molecule has 1 aliphatic carbocycles. The number of H-pyrrole nitrogens is 2. The smallest absolute Gasteiger partial charge is 0.323 e. The van der Waals surface area contributed by atoms with Gasteiger partial charge in [-0.25, -0.2) is 4.79 Å². The van der Waals surface area contributed by atoms with Crippen molar-refractivity contribution < 1.29 is 9.26 Å². The van der Waals surface area contributed by atoms with Gasteiger partial charge in [0, 0.05) is 19.1 Å². The van der Waals surface area contributed by atoms with Crippen molar-refractivity contribution in [1.29, 1.82) is 0 Å². The number of ether oxygens (including phenoxy) is 1. The summed E-state index contributed by atoms with van der Waals surface area (Å²) in [4.78, 5) is 21.8. The minimum absolute atomic E-state index is 0.236. The highest BCUT2D eigenvalue weighted by molar-refractivity contribution is 5.89. The molecule has 1 aliphatic heterocycles. The Kier molecular flexibility index (Phi) is 3.48. The highest BCUT2D eigenvalue weighted by Gasteiger charge is 2.35. The van der Waals surface area contributed by atoms with Crippen molar-refractivity contribution in [2.45, 2.75) is 31.6 Å². The van der Waals surface area contributed by atoms with E-state index in [2.05, 4.69) is 20.1 Å². The average Bonchev–Trinajstić information content (AvgIpc) is 3.26. The third-order valence-electron chi connectivity index (χ3n) is 5.69. The molecule has 3 atom stereocenters. The predicted octanol–water partition coefficient (Wildman–Crippen LogP) is 2.83. The Bertz CT molecular complexity index is 957. The second kappa shape index (κ2) is 5.84. The molecule has 7 heteroatoms. The predicted molar refractivity (Wildman–Crippen MR) is 91.2 cm³/mol. The number of benzene rings is 1. The molecule has 0 bridgehead atoms. The van der Waals surface area contributed by atoms with Gasteiger partial charge in [0.25, 0.3) is 5.89 Å². The van der Waals surface area contributed by atoms with Crippen molar-refractivity contribution in [3.63, 3.8) is 0 Å². The lowest BCUT2D eigenvalue weighted by molar-refractivity contribution is -0.00633. The van der Waals surface area contributed by atoms with E-state index in [9.17, 15) is 4.79 Å². The van der Waals surface area contributed by atoms with Crippen molar-refractivity contribution in [3.8, 4) is 11.5 Å². The summed E-state index contributed by atoms with van der Waals surface area (Å²) in [5, 5.41) is 4.25. The van der Waals surface area contributed by atoms with E-state index in [1.54, 1.807) is 0 Å². The molecule has 25 heavy (non-hydrogen) atoms. The van der Waals surface area contributed by atoms with Gasteiger partial charge < -0.3 is 19.2 Å². The number of hydrogen-bond acceptors (Lipinski definition) is 5. The fraction of sp³-hybridized carbons (Fsp3) is 0.500. The Morgan fingerprint density at radius 1 is 1.12 bits per heavy atom. The number of fused-ring (bicyclic) bond motifs is 2. The summed E-state index contributed by atoms with van der Waals surface area (Å²) in [5.74, 6) is 3.00. The number of nitrogens with zero attached hydrogens (tertiary/aromatic N) is 2. The zero-order chi connectivity index (χ0) is 16.8. The molecule has 5 rings (SSSR count). The summed E-state index contributed by atoms with van der Waals surface area (Å²) in [6, 6.07) is 5.61. The summed E-state index contributed by atoms with van der Waals surface area (Å²) in [5.41, 5.74) is 1.97. The number of aromatic amines is 2. The molecule has 130 valence electrons. The number of hydrogen-bond donors (Lipinski definition) is 2. The van der Waals surface area contributed by atoms with Crippen LogP contribution in [0.15, 0.2) is 27.5 Å². The Morgan fingerprint density at radius 2 is 2.08 bits per heavy atom. The molecule has 0 radical (unpaired) electrons. The van der Waals surface area contributed by atoms with E-state index >= 15 is 0 Å². The number of aromatic nitrogens is 4. The van der Waals surface area contributed by atoms with Crippen LogP contribution in [0.2, 0.25) is 0 Å². The van der Waals surface area contributed by atoms with Crippen LogP contribution in [0.4, 0.5) is 0 Å². The highest BCUT2D eigenvalue weighted by Crippen LogP contribution is 2.42. The molecule has 1 saturated heterocycles. The van der Waals surface area contributed by atoms with Gasteiger partial charge in [-0.05, 0) is 49.7 Å². The largest absolute Gasteiger partial charge is 0.381 e. The molecular weight excluding hydrogens is 320 g/mol. The first-order valence-corrected chi connectivity index (χ1v) is 8.90. The van der Waals surface area contributed by atoms with Crippen LogP contribution in [0.1, 0.15) is 37.4 Å². The standard InChI is InChI=1S/C18H20N4O3/c23-18-19-14-3-1-2-13(15(14)20-18)17-21-16(22-25-17)11-4-5-12-9-24-7-6-10(12)8-11/h1-3,10-12H,4-9H2,(H2,19,20,23). The van der Waals surface area contributed by atoms with Gasteiger partial charge in [0.15, 0.2) is 5.82 Å². The Morgan fingerprint density at radius 3 is 3.04 bits per heavy atom. The third kappa shape index (κ3) is 2.59. The lowest BCUT2D eigenvalue weighted by Crippen LogP contribution is -2.32. The number of nitrogens with one attached hydrogen (secondary N) is 2. The van der Waals surface area contributed by atoms with E-state index in [4.69, 9.17) is 9.26 Å². The minimum atomic E-state index is -0.236. The van der Waals surface area contributed by atoms with E-state index in [1.165, 1.54) is 6.42 Å². The van der Waals surface area contributed by atoms with E-state index in [0.29, 0.717) is 29.2 Å². The van der Waals surface area contributed by atoms with Gasteiger partial charge in [-0.3, -0.25) is 0 Å². The first-order valence-electron chi connectivity index (χ1n) is 8.90. The lowest BCUT2D eigenvalue weighted by Gasteiger charge is -2.38. The third-order valence-corrected chi connectivity index (χ3v) is 5.69. The van der Waals surface area contributed by atoms with Crippen LogP contribution in [0.5, 0.6) is 0 Å². The van der Waals surface area contributed by atoms with Gasteiger partial charge in [0.1, 0.15) is 0 Å². The highest BCUT2D eigenvalue weighted by atomic mass is 16.5. The maximum Gasteiger partial charge on any atom is 0.323 e. The minimum Gasteiger partial charge on any atom is -0.381 e. The van der Waals surface area contributed by atoms with Crippen LogP contribution < -0.4 is 5.69 Å². The first-order chi connectivity index (χ1) is 12.3. The Labute approximate surface area is 143 Å². The maximum absolute atomic E-state index is 11.6. The van der Waals surface area contributed by atoms with E-state index in [0.717, 1.165) is 49.4 Å². The molecule has 0 spiro atoms. The molecular formula is C18H20N4O3. The monoisotopic (exact) mass is 340 g/mol. The molecule has 2 N–H and O–H groups in total. The average molecular weight is 340 g/mol. The molecule has 2 fully saturated rings. The second-order valence-electron chi connectivity index (χ2n) is 7.16. The van der Waals surface area contributed by atoms with Crippen LogP contribution in [-0.4, -0.2) is 33.3 Å². The maximum atomic E-state index is 11.6. The van der Waals surface area contributed by atoms with E-state index in [1.807, 2.05) is 18.2 Å². The van der Waals surface area contributed by atoms with Gasteiger partial charge in [-0.2, -0.15) is 4.98 Å². The second-order valence-corrected chi connectivity index (χ2v) is 7.16. The van der Waals surface area contributed by atoms with Gasteiger partial charge in [-0.1, -0.05) is 11.2 Å². The van der Waals surface area contributed by atoms with Crippen LogP contribution in [0.3, 0.4) is 0 Å². The molecule has 2 aromatic heterocycles. The van der Waals surface area contributed by atoms with Crippen molar-refractivity contribution in [2.75, 3.05) is 13.2 Å². The number of rotatable bonds is 2. The van der Waals surface area contributed by atoms with Crippen molar-refractivity contribution in [2.24, 2.45) is 11.8 Å². The summed E-state index contributed by atoms with van der Waals surface area (Å²) in [6.07, 6.45) is 4.49. The van der Waals surface area contributed by atoms with Crippen LogP contribution in [-0.2, 0) is 4.74 Å². The fourth-order valence-corrected chi connectivity index (χ4v) is 4.35. The topological polar surface area (TPSA) is 96.8 Å². The number of imidazole rings is 1. The quantitative estimate of drug-likeness (QED) is 0.748. The van der Waals surface area contributed by atoms with Crippen LogP contribution in [0, 0.1) is 11.8 Å².